The number of aliphatic hydroxyl groups is 1. The highest BCUT2D eigenvalue weighted by atomic mass is 16.5. The van der Waals surface area contributed by atoms with Gasteiger partial charge < -0.3 is 34.1 Å². The van der Waals surface area contributed by atoms with E-state index in [9.17, 15) is 5.11 Å². The van der Waals surface area contributed by atoms with Gasteiger partial charge in [-0.25, -0.2) is 0 Å². The monoisotopic (exact) mass is 584 g/mol. The highest BCUT2D eigenvalue weighted by molar-refractivity contribution is 5.42. The van der Waals surface area contributed by atoms with Gasteiger partial charge in [-0.3, -0.25) is 4.90 Å². The molecule has 8 nitrogen and oxygen atoms in total. The van der Waals surface area contributed by atoms with Crippen LogP contribution in [0.4, 0.5) is 0 Å². The Morgan fingerprint density at radius 2 is 1.60 bits per heavy atom. The first-order valence-electron chi connectivity index (χ1n) is 15.8. The average Bonchev–Trinajstić information content (AvgIpc) is 3.48. The van der Waals surface area contributed by atoms with Crippen molar-refractivity contribution in [3.8, 4) is 17.2 Å². The molecule has 4 atom stereocenters. The van der Waals surface area contributed by atoms with Crippen molar-refractivity contribution in [3.63, 3.8) is 0 Å². The number of benzene rings is 2. The van der Waals surface area contributed by atoms with Crippen molar-refractivity contribution in [2.24, 2.45) is 0 Å². The van der Waals surface area contributed by atoms with Gasteiger partial charge in [-0.05, 0) is 67.5 Å². The fourth-order valence-electron chi connectivity index (χ4n) is 5.96. The molecule has 2 aliphatic rings. The van der Waals surface area contributed by atoms with Crippen LogP contribution in [0.15, 0.2) is 42.5 Å². The zero-order valence-corrected chi connectivity index (χ0v) is 26.1. The van der Waals surface area contributed by atoms with Crippen molar-refractivity contribution in [3.05, 3.63) is 53.6 Å². The van der Waals surface area contributed by atoms with E-state index in [2.05, 4.69) is 42.3 Å². The quantitative estimate of drug-likeness (QED) is 0.278. The van der Waals surface area contributed by atoms with Gasteiger partial charge in [0.25, 0.3) is 0 Å². The Kier molecular flexibility index (Phi) is 13.2. The van der Waals surface area contributed by atoms with Crippen LogP contribution in [-0.4, -0.2) is 94.1 Å². The maximum Gasteiger partial charge on any atom is 0.160 e. The Labute approximate surface area is 252 Å². The molecule has 2 fully saturated rings. The summed E-state index contributed by atoms with van der Waals surface area (Å²) >= 11 is 0. The summed E-state index contributed by atoms with van der Waals surface area (Å²) in [6.07, 6.45) is 7.71. The van der Waals surface area contributed by atoms with E-state index in [0.29, 0.717) is 31.8 Å². The average molecular weight is 585 g/mol. The first kappa shape index (κ1) is 32.6. The van der Waals surface area contributed by atoms with Gasteiger partial charge in [0.1, 0.15) is 18.5 Å². The van der Waals surface area contributed by atoms with Crippen LogP contribution in [0.5, 0.6) is 17.2 Å². The van der Waals surface area contributed by atoms with Crippen molar-refractivity contribution < 1.29 is 28.8 Å². The van der Waals surface area contributed by atoms with Crippen molar-refractivity contribution in [1.29, 1.82) is 0 Å². The Morgan fingerprint density at radius 1 is 0.881 bits per heavy atom. The molecule has 1 aliphatic heterocycles. The second kappa shape index (κ2) is 17.1. The molecule has 42 heavy (non-hydrogen) atoms. The maximum absolute atomic E-state index is 10.0. The molecule has 8 heteroatoms. The van der Waals surface area contributed by atoms with Gasteiger partial charge >= 0.3 is 0 Å². The molecule has 4 rings (SSSR count). The van der Waals surface area contributed by atoms with Crippen molar-refractivity contribution >= 4 is 0 Å². The summed E-state index contributed by atoms with van der Waals surface area (Å²) in [5.41, 5.74) is 2.43. The molecular weight excluding hydrogens is 532 g/mol. The number of nitrogens with zero attached hydrogens (tertiary/aromatic N) is 1. The minimum atomic E-state index is -0.522. The fraction of sp³-hybridized carbons (Fsp3) is 0.647. The van der Waals surface area contributed by atoms with E-state index in [1.54, 1.807) is 14.2 Å². The molecule has 2 aromatic carbocycles. The second-order valence-corrected chi connectivity index (χ2v) is 11.9. The molecule has 1 saturated carbocycles. The first-order valence-corrected chi connectivity index (χ1v) is 15.8. The van der Waals surface area contributed by atoms with E-state index in [1.165, 1.54) is 30.4 Å². The molecule has 0 aromatic heterocycles. The van der Waals surface area contributed by atoms with Crippen LogP contribution in [0.1, 0.15) is 57.1 Å². The maximum atomic E-state index is 10.0. The normalized spacial score (nSPS) is 21.9. The number of aliphatic hydroxyl groups excluding tert-OH is 1. The number of hydrogen-bond acceptors (Lipinski definition) is 8. The lowest BCUT2D eigenvalue weighted by atomic mass is 9.91. The van der Waals surface area contributed by atoms with Crippen LogP contribution in [0, 0.1) is 0 Å². The minimum absolute atomic E-state index is 0.280. The smallest absolute Gasteiger partial charge is 0.160 e. The van der Waals surface area contributed by atoms with E-state index >= 15 is 0 Å². The Balaban J connectivity index is 1.15. The summed E-state index contributed by atoms with van der Waals surface area (Å²) in [6, 6.07) is 15.1. The third kappa shape index (κ3) is 10.1. The second-order valence-electron chi connectivity index (χ2n) is 11.9. The van der Waals surface area contributed by atoms with Gasteiger partial charge in [0, 0.05) is 31.7 Å². The molecule has 1 aliphatic carbocycles. The standard InChI is InChI=1S/C34H52N2O6/c1-25(2)35-22-28(37)24-42-29-12-9-26(10-13-29)16-19-40-30-15-18-36(23-30)31-7-5-6-8-32(31)41-20-17-27-11-14-33(38-3)34(21-27)39-4/h9-14,21,25,28,30-32,35,37H,5-8,15-20,22-24H2,1-4H3/t28?,30-,31-,32+/m0/s1. The van der Waals surface area contributed by atoms with Crippen molar-refractivity contribution in [2.45, 2.75) is 89.2 Å². The Bertz CT molecular complexity index is 1050. The molecule has 234 valence electrons. The van der Waals surface area contributed by atoms with Crippen molar-refractivity contribution in [1.82, 2.24) is 10.2 Å². The molecule has 2 N–H and O–H groups in total. The lowest BCUT2D eigenvalue weighted by Crippen LogP contribution is -2.46. The molecule has 0 bridgehead atoms. The summed E-state index contributed by atoms with van der Waals surface area (Å²) in [7, 11) is 3.34. The van der Waals surface area contributed by atoms with E-state index in [1.807, 2.05) is 24.3 Å². The first-order chi connectivity index (χ1) is 20.4. The summed E-state index contributed by atoms with van der Waals surface area (Å²) in [4.78, 5) is 2.61. The van der Waals surface area contributed by atoms with Crippen LogP contribution in [0.2, 0.25) is 0 Å². The minimum Gasteiger partial charge on any atom is -0.493 e. The third-order valence-corrected chi connectivity index (χ3v) is 8.36. The highest BCUT2D eigenvalue weighted by Crippen LogP contribution is 2.30. The van der Waals surface area contributed by atoms with Gasteiger partial charge in [0.2, 0.25) is 0 Å². The summed E-state index contributed by atoms with van der Waals surface area (Å²) in [5, 5.41) is 13.3. The SMILES string of the molecule is COc1ccc(CCO[C@@H]2CCCC[C@@H]2N2CC[C@H](OCCc3ccc(OCC(O)CNC(C)C)cc3)C2)cc1OC. The lowest BCUT2D eigenvalue weighted by Gasteiger charge is -2.38. The van der Waals surface area contributed by atoms with Gasteiger partial charge in [0.05, 0.1) is 39.6 Å². The number of ether oxygens (including phenoxy) is 5. The topological polar surface area (TPSA) is 81.7 Å². The number of methoxy groups -OCH3 is 2. The van der Waals surface area contributed by atoms with Gasteiger partial charge in [-0.1, -0.05) is 44.9 Å². The highest BCUT2D eigenvalue weighted by Gasteiger charge is 2.35. The zero-order valence-electron chi connectivity index (χ0n) is 26.1. The molecular formula is C34H52N2O6. The molecule has 1 unspecified atom stereocenters. The van der Waals surface area contributed by atoms with Gasteiger partial charge in [-0.2, -0.15) is 0 Å². The van der Waals surface area contributed by atoms with E-state index in [0.717, 1.165) is 56.0 Å². The van der Waals surface area contributed by atoms with Crippen LogP contribution in [-0.2, 0) is 22.3 Å². The molecule has 2 aromatic rings. The predicted molar refractivity (Wildman–Crippen MR) is 166 cm³/mol. The molecule has 0 amide bonds. The number of likely N-dealkylation sites (tertiary alicyclic amines) is 1. The number of hydrogen-bond donors (Lipinski definition) is 2. The number of rotatable bonds is 17. The van der Waals surface area contributed by atoms with Gasteiger partial charge in [0.15, 0.2) is 11.5 Å². The largest absolute Gasteiger partial charge is 0.493 e. The van der Waals surface area contributed by atoms with E-state index < -0.39 is 6.10 Å². The summed E-state index contributed by atoms with van der Waals surface area (Å²) < 4.78 is 29.4. The van der Waals surface area contributed by atoms with Crippen LogP contribution >= 0.6 is 0 Å². The summed E-state index contributed by atoms with van der Waals surface area (Å²) in [6.45, 7) is 8.43. The Morgan fingerprint density at radius 3 is 2.36 bits per heavy atom. The van der Waals surface area contributed by atoms with Crippen LogP contribution < -0.4 is 19.5 Å². The van der Waals surface area contributed by atoms with Crippen LogP contribution in [0.25, 0.3) is 0 Å². The third-order valence-electron chi connectivity index (χ3n) is 8.36. The van der Waals surface area contributed by atoms with E-state index in [4.69, 9.17) is 23.7 Å². The van der Waals surface area contributed by atoms with E-state index in [-0.39, 0.29) is 18.8 Å². The molecule has 1 heterocycles. The molecule has 0 spiro atoms. The fourth-order valence-corrected chi connectivity index (χ4v) is 5.96. The predicted octanol–water partition coefficient (Wildman–Crippen LogP) is 4.65. The molecule has 0 radical (unpaired) electrons. The Hall–Kier alpha value is -2.36. The summed E-state index contributed by atoms with van der Waals surface area (Å²) in [5.74, 6) is 2.30. The lowest BCUT2D eigenvalue weighted by molar-refractivity contribution is -0.0343. The molecule has 1 saturated heterocycles. The number of nitrogens with one attached hydrogen (secondary N) is 1. The zero-order chi connectivity index (χ0) is 29.7. The van der Waals surface area contributed by atoms with Crippen LogP contribution in [0.3, 0.4) is 0 Å². The van der Waals surface area contributed by atoms with Crippen molar-refractivity contribution in [2.75, 3.05) is 53.7 Å². The van der Waals surface area contributed by atoms with Gasteiger partial charge in [-0.15, -0.1) is 0 Å².